The lowest BCUT2D eigenvalue weighted by atomic mass is 10.2. The number of sulfonamides is 1. The molecule has 0 fully saturated rings. The van der Waals surface area contributed by atoms with Crippen molar-refractivity contribution in [1.29, 1.82) is 0 Å². The first kappa shape index (κ1) is 19.2. The molecule has 0 unspecified atom stereocenters. The van der Waals surface area contributed by atoms with Crippen LogP contribution in [0.5, 0.6) is 5.88 Å². The molecule has 140 valence electrons. The Balaban J connectivity index is 1.93. The molecule has 0 aliphatic heterocycles. The molecular formula is C16H14ClN5O3S2. The summed E-state index contributed by atoms with van der Waals surface area (Å²) in [6.45, 7) is 0. The fourth-order valence-electron chi connectivity index (χ4n) is 2.58. The zero-order chi connectivity index (χ0) is 19.8. The highest BCUT2D eigenvalue weighted by Crippen LogP contribution is 2.40. The van der Waals surface area contributed by atoms with Crippen molar-refractivity contribution in [2.24, 2.45) is 22.4 Å². The van der Waals surface area contributed by atoms with Gasteiger partial charge in [0.25, 0.3) is 0 Å². The number of rotatable bonds is 3. The number of fused-ring (bicyclic) bond motifs is 1. The molecule has 0 aliphatic rings. The number of nitrogens with one attached hydrogen (secondary N) is 1. The van der Waals surface area contributed by atoms with Crippen LogP contribution in [0.3, 0.4) is 0 Å². The van der Waals surface area contributed by atoms with Crippen LogP contribution in [-0.2, 0) is 17.1 Å². The zero-order valence-electron chi connectivity index (χ0n) is 13.9. The molecule has 8 nitrogen and oxygen atoms in total. The molecule has 3 rings (SSSR count). The Bertz CT molecular complexity index is 1190. The van der Waals surface area contributed by atoms with Crippen LogP contribution >= 0.6 is 23.8 Å². The minimum Gasteiger partial charge on any atom is -0.493 e. The van der Waals surface area contributed by atoms with Gasteiger partial charge in [0.1, 0.15) is 4.90 Å². The Hall–Kier alpha value is -2.53. The van der Waals surface area contributed by atoms with Crippen molar-refractivity contribution in [2.45, 2.75) is 4.90 Å². The number of benzene rings is 2. The van der Waals surface area contributed by atoms with E-state index in [9.17, 15) is 13.5 Å². The molecule has 4 N–H and O–H groups in total. The third kappa shape index (κ3) is 3.78. The number of aryl methyl sites for hydroxylation is 1. The third-order valence-corrected chi connectivity index (χ3v) is 5.24. The molecule has 0 spiro atoms. The van der Waals surface area contributed by atoms with Crippen molar-refractivity contribution >= 4 is 61.2 Å². The number of thiocarbonyl (C=S) groups is 1. The van der Waals surface area contributed by atoms with Gasteiger partial charge in [-0.2, -0.15) is 0 Å². The molecular weight excluding hydrogens is 410 g/mol. The Kier molecular flexibility index (Phi) is 5.16. The lowest BCUT2D eigenvalue weighted by Crippen LogP contribution is -2.16. The standard InChI is InChI=1S/C16H14ClN5O3S2/c1-22-14-9(5-4-6-10(14)17)13(15(22)23)20-21-16(26)19-11-7-2-3-8-12(11)27(18,24)25/h2-8,23H,1H3,(H,19,26)(H2,18,24,25). The number of nitrogens with zero attached hydrogens (tertiary/aromatic N) is 3. The summed E-state index contributed by atoms with van der Waals surface area (Å²) in [5.74, 6) is -0.130. The maximum atomic E-state index is 11.6. The number of aromatic nitrogens is 1. The lowest BCUT2D eigenvalue weighted by Gasteiger charge is -2.08. The van der Waals surface area contributed by atoms with Crippen LogP contribution in [0.15, 0.2) is 57.6 Å². The number of halogens is 1. The molecule has 0 aliphatic carbocycles. The predicted octanol–water partition coefficient (Wildman–Crippen LogP) is 3.67. The fourth-order valence-corrected chi connectivity index (χ4v) is 3.73. The van der Waals surface area contributed by atoms with Crippen molar-refractivity contribution in [1.82, 2.24) is 4.57 Å². The molecule has 2 aromatic carbocycles. The SMILES string of the molecule is Cn1c(O)c(N=NC(=S)Nc2ccccc2S(N)(=O)=O)c2cccc(Cl)c21. The van der Waals surface area contributed by atoms with Crippen LogP contribution in [0.25, 0.3) is 10.9 Å². The number of hydrogen-bond acceptors (Lipinski definition) is 5. The molecule has 0 saturated heterocycles. The van der Waals surface area contributed by atoms with E-state index in [1.54, 1.807) is 31.3 Å². The van der Waals surface area contributed by atoms with Crippen molar-refractivity contribution < 1.29 is 13.5 Å². The summed E-state index contributed by atoms with van der Waals surface area (Å²) in [5.41, 5.74) is 0.970. The maximum Gasteiger partial charge on any atom is 0.240 e. The summed E-state index contributed by atoms with van der Waals surface area (Å²) < 4.78 is 24.7. The summed E-state index contributed by atoms with van der Waals surface area (Å²) in [6, 6.07) is 11.2. The first-order chi connectivity index (χ1) is 12.7. The van der Waals surface area contributed by atoms with Gasteiger partial charge in [-0.05, 0) is 30.4 Å². The summed E-state index contributed by atoms with van der Waals surface area (Å²) in [4.78, 5) is -0.123. The van der Waals surface area contributed by atoms with Gasteiger partial charge in [-0.25, -0.2) is 13.6 Å². The summed E-state index contributed by atoms with van der Waals surface area (Å²) in [6.07, 6.45) is 0. The number of anilines is 1. The van der Waals surface area contributed by atoms with Gasteiger partial charge in [-0.3, -0.25) is 0 Å². The van der Waals surface area contributed by atoms with Crippen molar-refractivity contribution in [3.8, 4) is 5.88 Å². The number of azo groups is 1. The molecule has 0 saturated carbocycles. The molecule has 0 bridgehead atoms. The van der Waals surface area contributed by atoms with E-state index < -0.39 is 10.0 Å². The van der Waals surface area contributed by atoms with E-state index in [1.165, 1.54) is 22.8 Å². The second kappa shape index (κ2) is 7.24. The van der Waals surface area contributed by atoms with Crippen LogP contribution < -0.4 is 10.5 Å². The van der Waals surface area contributed by atoms with E-state index >= 15 is 0 Å². The number of hydrogen-bond donors (Lipinski definition) is 3. The van der Waals surface area contributed by atoms with Crippen LogP contribution in [0.1, 0.15) is 0 Å². The molecule has 3 aromatic rings. The Morgan fingerprint density at radius 1 is 1.26 bits per heavy atom. The van der Waals surface area contributed by atoms with E-state index in [2.05, 4.69) is 15.5 Å². The van der Waals surface area contributed by atoms with Gasteiger partial charge in [0.2, 0.25) is 21.0 Å². The average Bonchev–Trinajstić information content (AvgIpc) is 2.84. The Labute approximate surface area is 165 Å². The number of primary sulfonamides is 1. The second-order valence-corrected chi connectivity index (χ2v) is 7.86. The minimum absolute atomic E-state index is 0.107. The van der Waals surface area contributed by atoms with Crippen molar-refractivity contribution in [2.75, 3.05) is 5.32 Å². The van der Waals surface area contributed by atoms with E-state index in [0.29, 0.717) is 15.9 Å². The van der Waals surface area contributed by atoms with E-state index in [-0.39, 0.29) is 27.3 Å². The van der Waals surface area contributed by atoms with Gasteiger partial charge in [0, 0.05) is 12.4 Å². The monoisotopic (exact) mass is 423 g/mol. The van der Waals surface area contributed by atoms with E-state index in [0.717, 1.165) is 0 Å². The number of aromatic hydroxyl groups is 1. The summed E-state index contributed by atoms with van der Waals surface area (Å²) in [5, 5.41) is 26.9. The van der Waals surface area contributed by atoms with E-state index in [4.69, 9.17) is 29.0 Å². The highest BCUT2D eigenvalue weighted by Gasteiger charge is 2.17. The fraction of sp³-hybridized carbons (Fsp3) is 0.0625. The Morgan fingerprint density at radius 2 is 1.96 bits per heavy atom. The quantitative estimate of drug-likeness (QED) is 0.438. The molecule has 1 heterocycles. The van der Waals surface area contributed by atoms with Gasteiger partial charge in [-0.1, -0.05) is 35.9 Å². The van der Waals surface area contributed by atoms with Crippen LogP contribution in [-0.4, -0.2) is 23.2 Å². The van der Waals surface area contributed by atoms with E-state index in [1.807, 2.05) is 0 Å². The van der Waals surface area contributed by atoms with Crippen LogP contribution in [0, 0.1) is 0 Å². The Morgan fingerprint density at radius 3 is 2.67 bits per heavy atom. The van der Waals surface area contributed by atoms with Crippen molar-refractivity contribution in [3.05, 3.63) is 47.5 Å². The molecule has 0 atom stereocenters. The van der Waals surface area contributed by atoms with Crippen LogP contribution in [0.2, 0.25) is 5.02 Å². The van der Waals surface area contributed by atoms with Gasteiger partial charge in [0.05, 0.1) is 16.2 Å². The number of nitrogens with two attached hydrogens (primary N) is 1. The molecule has 0 amide bonds. The van der Waals surface area contributed by atoms with Crippen LogP contribution in [0.4, 0.5) is 11.4 Å². The van der Waals surface area contributed by atoms with Gasteiger partial charge >= 0.3 is 0 Å². The number of para-hydroxylation sites is 2. The van der Waals surface area contributed by atoms with Gasteiger partial charge < -0.3 is 15.0 Å². The first-order valence-corrected chi connectivity index (χ1v) is 9.84. The topological polar surface area (TPSA) is 122 Å². The maximum absolute atomic E-state index is 11.6. The van der Waals surface area contributed by atoms with Gasteiger partial charge in [0.15, 0.2) is 5.69 Å². The summed E-state index contributed by atoms with van der Waals surface area (Å²) >= 11 is 11.3. The smallest absolute Gasteiger partial charge is 0.240 e. The lowest BCUT2D eigenvalue weighted by molar-refractivity contribution is 0.436. The molecule has 11 heteroatoms. The normalized spacial score (nSPS) is 12.0. The minimum atomic E-state index is -3.94. The third-order valence-electron chi connectivity index (χ3n) is 3.78. The van der Waals surface area contributed by atoms with Crippen molar-refractivity contribution in [3.63, 3.8) is 0 Å². The van der Waals surface area contributed by atoms with Gasteiger partial charge in [-0.15, -0.1) is 10.2 Å². The first-order valence-electron chi connectivity index (χ1n) is 7.50. The highest BCUT2D eigenvalue weighted by molar-refractivity contribution is 7.89. The molecule has 27 heavy (non-hydrogen) atoms. The molecule has 0 radical (unpaired) electrons. The predicted molar refractivity (Wildman–Crippen MR) is 108 cm³/mol. The summed E-state index contributed by atoms with van der Waals surface area (Å²) in [7, 11) is -2.30. The molecule has 1 aromatic heterocycles. The largest absolute Gasteiger partial charge is 0.493 e. The zero-order valence-corrected chi connectivity index (χ0v) is 16.3. The second-order valence-electron chi connectivity index (χ2n) is 5.54. The average molecular weight is 424 g/mol. The highest BCUT2D eigenvalue weighted by atomic mass is 35.5.